The van der Waals surface area contributed by atoms with E-state index in [4.69, 9.17) is 4.74 Å². The summed E-state index contributed by atoms with van der Waals surface area (Å²) >= 11 is 1.68. The number of amides is 1. The largest absolute Gasteiger partial charge is 0.380 e. The fraction of sp³-hybridized carbons (Fsp3) is 0.643. The zero-order valence-electron chi connectivity index (χ0n) is 10.8. The number of rotatable bonds is 3. The van der Waals surface area contributed by atoms with Crippen molar-refractivity contribution in [3.63, 3.8) is 0 Å². The van der Waals surface area contributed by atoms with E-state index in [2.05, 4.69) is 18.3 Å². The highest BCUT2D eigenvalue weighted by atomic mass is 32.1. The van der Waals surface area contributed by atoms with E-state index in [1.54, 1.807) is 11.3 Å². The van der Waals surface area contributed by atoms with E-state index < -0.39 is 0 Å². The third-order valence-corrected chi connectivity index (χ3v) is 5.03. The molecular formula is C14H19NO2S. The zero-order chi connectivity index (χ0) is 12.6. The lowest BCUT2D eigenvalue weighted by atomic mass is 9.89. The predicted octanol–water partition coefficient (Wildman–Crippen LogP) is 2.39. The number of hydrogen-bond donors (Lipinski definition) is 1. The van der Waals surface area contributed by atoms with Gasteiger partial charge in [-0.25, -0.2) is 0 Å². The standard InChI is InChI=1S/C14H19NO2S/c1-14(8-17-9-14)7-15-13(16)12-6-10-4-2-3-5-11(10)18-12/h6H,2-5,7-9H2,1H3,(H,15,16). The van der Waals surface area contributed by atoms with Crippen molar-refractivity contribution in [3.8, 4) is 0 Å². The number of aryl methyl sites for hydroxylation is 2. The van der Waals surface area contributed by atoms with Crippen LogP contribution >= 0.6 is 11.3 Å². The van der Waals surface area contributed by atoms with E-state index in [9.17, 15) is 4.79 Å². The minimum Gasteiger partial charge on any atom is -0.380 e. The van der Waals surface area contributed by atoms with Crippen LogP contribution < -0.4 is 5.32 Å². The van der Waals surface area contributed by atoms with Gasteiger partial charge in [0.1, 0.15) is 0 Å². The Bertz CT molecular complexity index is 439. The van der Waals surface area contributed by atoms with Gasteiger partial charge in [-0.05, 0) is 37.3 Å². The van der Waals surface area contributed by atoms with Crippen molar-refractivity contribution in [3.05, 3.63) is 21.4 Å². The smallest absolute Gasteiger partial charge is 0.261 e. The maximum atomic E-state index is 12.1. The molecule has 0 bridgehead atoms. The summed E-state index contributed by atoms with van der Waals surface area (Å²) in [5.41, 5.74) is 1.54. The molecule has 98 valence electrons. The molecule has 1 aromatic rings. The Morgan fingerprint density at radius 2 is 2.22 bits per heavy atom. The van der Waals surface area contributed by atoms with Gasteiger partial charge < -0.3 is 10.1 Å². The molecule has 4 heteroatoms. The molecule has 18 heavy (non-hydrogen) atoms. The number of carbonyl (C=O) groups is 1. The zero-order valence-corrected chi connectivity index (χ0v) is 11.6. The van der Waals surface area contributed by atoms with Gasteiger partial charge in [0.2, 0.25) is 0 Å². The van der Waals surface area contributed by atoms with E-state index in [1.165, 1.54) is 23.3 Å². The highest BCUT2D eigenvalue weighted by Crippen LogP contribution is 2.30. The van der Waals surface area contributed by atoms with E-state index >= 15 is 0 Å². The lowest BCUT2D eigenvalue weighted by Gasteiger charge is -2.37. The van der Waals surface area contributed by atoms with Crippen LogP contribution in [0.3, 0.4) is 0 Å². The molecule has 2 aliphatic rings. The molecule has 0 radical (unpaired) electrons. The molecule has 2 heterocycles. The van der Waals surface area contributed by atoms with Crippen molar-refractivity contribution in [2.24, 2.45) is 5.41 Å². The van der Waals surface area contributed by atoms with E-state index in [-0.39, 0.29) is 11.3 Å². The molecule has 3 rings (SSSR count). The molecule has 0 spiro atoms. The minimum atomic E-state index is 0.0857. The molecule has 3 nitrogen and oxygen atoms in total. The van der Waals surface area contributed by atoms with Gasteiger partial charge in [-0.2, -0.15) is 0 Å². The van der Waals surface area contributed by atoms with Crippen LogP contribution in [0.5, 0.6) is 0 Å². The van der Waals surface area contributed by atoms with E-state index in [0.29, 0.717) is 6.54 Å². The van der Waals surface area contributed by atoms with Crippen LogP contribution in [0.15, 0.2) is 6.07 Å². The summed E-state index contributed by atoms with van der Waals surface area (Å²) in [6.45, 7) is 4.38. The van der Waals surface area contributed by atoms with Gasteiger partial charge in [-0.15, -0.1) is 11.3 Å². The van der Waals surface area contributed by atoms with Crippen molar-refractivity contribution >= 4 is 17.2 Å². The monoisotopic (exact) mass is 265 g/mol. The fourth-order valence-electron chi connectivity index (χ4n) is 2.54. The van der Waals surface area contributed by atoms with Crippen LogP contribution in [0.4, 0.5) is 0 Å². The molecule has 1 saturated heterocycles. The summed E-state index contributed by atoms with van der Waals surface area (Å²) in [6.07, 6.45) is 4.83. The topological polar surface area (TPSA) is 38.3 Å². The van der Waals surface area contributed by atoms with Crippen molar-refractivity contribution in [1.29, 1.82) is 0 Å². The molecule has 1 amide bonds. The first-order chi connectivity index (χ1) is 8.66. The summed E-state index contributed by atoms with van der Waals surface area (Å²) in [7, 11) is 0. The third-order valence-electron chi connectivity index (χ3n) is 3.80. The van der Waals surface area contributed by atoms with Gasteiger partial charge in [0.05, 0.1) is 18.1 Å². The second-order valence-corrected chi connectivity index (χ2v) is 6.89. The minimum absolute atomic E-state index is 0.0857. The van der Waals surface area contributed by atoms with Crippen molar-refractivity contribution < 1.29 is 9.53 Å². The Kier molecular flexibility index (Phi) is 3.16. The average molecular weight is 265 g/mol. The Hall–Kier alpha value is -0.870. The Labute approximate surface area is 112 Å². The first kappa shape index (κ1) is 12.2. The van der Waals surface area contributed by atoms with Crippen LogP contribution in [0.2, 0.25) is 0 Å². The molecular weight excluding hydrogens is 246 g/mol. The summed E-state index contributed by atoms with van der Waals surface area (Å²) < 4.78 is 5.19. The predicted molar refractivity (Wildman–Crippen MR) is 72.2 cm³/mol. The normalized spacial score (nSPS) is 20.9. The van der Waals surface area contributed by atoms with Gasteiger partial charge in [-0.1, -0.05) is 6.92 Å². The van der Waals surface area contributed by atoms with Gasteiger partial charge in [0.15, 0.2) is 0 Å². The Balaban J connectivity index is 1.63. The van der Waals surface area contributed by atoms with Crippen molar-refractivity contribution in [2.75, 3.05) is 19.8 Å². The molecule has 1 N–H and O–H groups in total. The van der Waals surface area contributed by atoms with Crippen LogP contribution in [0.25, 0.3) is 0 Å². The van der Waals surface area contributed by atoms with Crippen LogP contribution in [-0.2, 0) is 17.6 Å². The third kappa shape index (κ3) is 2.31. The summed E-state index contributed by atoms with van der Waals surface area (Å²) in [4.78, 5) is 14.4. The van der Waals surface area contributed by atoms with Crippen LogP contribution in [-0.4, -0.2) is 25.7 Å². The summed E-state index contributed by atoms with van der Waals surface area (Å²) in [5, 5.41) is 3.04. The number of hydrogen-bond acceptors (Lipinski definition) is 3. The SMILES string of the molecule is CC1(CNC(=O)c2cc3c(s2)CCCC3)COC1. The highest BCUT2D eigenvalue weighted by Gasteiger charge is 2.33. The number of fused-ring (bicyclic) bond motifs is 1. The maximum absolute atomic E-state index is 12.1. The number of thiophene rings is 1. The molecule has 0 aromatic carbocycles. The average Bonchev–Trinajstić information content (AvgIpc) is 2.77. The lowest BCUT2D eigenvalue weighted by molar-refractivity contribution is -0.0978. The second-order valence-electron chi connectivity index (χ2n) is 5.75. The van der Waals surface area contributed by atoms with Crippen molar-refractivity contribution in [2.45, 2.75) is 32.6 Å². The lowest BCUT2D eigenvalue weighted by Crippen LogP contribution is -2.48. The van der Waals surface area contributed by atoms with Crippen molar-refractivity contribution in [1.82, 2.24) is 5.32 Å². The fourth-order valence-corrected chi connectivity index (χ4v) is 3.71. The summed E-state index contributed by atoms with van der Waals surface area (Å²) in [5.74, 6) is 0.0857. The molecule has 1 aliphatic carbocycles. The Morgan fingerprint density at radius 1 is 1.44 bits per heavy atom. The van der Waals surface area contributed by atoms with Crippen LogP contribution in [0, 0.1) is 5.41 Å². The molecule has 0 saturated carbocycles. The molecule has 0 unspecified atom stereocenters. The quantitative estimate of drug-likeness (QED) is 0.911. The van der Waals surface area contributed by atoms with Gasteiger partial charge in [0, 0.05) is 16.8 Å². The van der Waals surface area contributed by atoms with E-state index in [0.717, 1.165) is 30.9 Å². The Morgan fingerprint density at radius 3 is 2.89 bits per heavy atom. The number of carbonyl (C=O) groups excluding carboxylic acids is 1. The molecule has 1 aliphatic heterocycles. The molecule has 1 aromatic heterocycles. The second kappa shape index (κ2) is 4.67. The molecule has 0 atom stereocenters. The highest BCUT2D eigenvalue weighted by molar-refractivity contribution is 7.14. The van der Waals surface area contributed by atoms with Crippen LogP contribution in [0.1, 0.15) is 39.9 Å². The van der Waals surface area contributed by atoms with Gasteiger partial charge >= 0.3 is 0 Å². The first-order valence-electron chi connectivity index (χ1n) is 6.64. The maximum Gasteiger partial charge on any atom is 0.261 e. The molecule has 1 fully saturated rings. The number of nitrogens with one attached hydrogen (secondary N) is 1. The first-order valence-corrected chi connectivity index (χ1v) is 7.45. The summed E-state index contributed by atoms with van der Waals surface area (Å²) in [6, 6.07) is 2.09. The van der Waals surface area contributed by atoms with E-state index in [1.807, 2.05) is 0 Å². The number of ether oxygens (including phenoxy) is 1. The van der Waals surface area contributed by atoms with Gasteiger partial charge in [0.25, 0.3) is 5.91 Å². The van der Waals surface area contributed by atoms with Gasteiger partial charge in [-0.3, -0.25) is 4.79 Å².